The van der Waals surface area contributed by atoms with E-state index in [1.165, 1.54) is 18.4 Å². The largest absolute Gasteiger partial charge is 0.467 e. The third kappa shape index (κ3) is 4.73. The van der Waals surface area contributed by atoms with Crippen molar-refractivity contribution in [3.63, 3.8) is 0 Å². The van der Waals surface area contributed by atoms with Crippen LogP contribution in [-0.4, -0.2) is 27.2 Å². The van der Waals surface area contributed by atoms with Gasteiger partial charge in [0.25, 0.3) is 5.69 Å². The molecule has 1 aromatic heterocycles. The molecule has 2 amide bonds. The van der Waals surface area contributed by atoms with Crippen molar-refractivity contribution in [2.45, 2.75) is 25.1 Å². The normalized spacial score (nSPS) is 17.7. The number of aliphatic imine (C=N–C) groups is 1. The van der Waals surface area contributed by atoms with E-state index >= 15 is 0 Å². The van der Waals surface area contributed by atoms with Crippen LogP contribution >= 0.6 is 11.8 Å². The first-order valence-electron chi connectivity index (χ1n) is 8.01. The smallest absolute Gasteiger partial charge is 0.293 e. The molecule has 0 bridgehead atoms. The van der Waals surface area contributed by atoms with E-state index in [0.717, 1.165) is 11.8 Å². The summed E-state index contributed by atoms with van der Waals surface area (Å²) >= 11 is 1.15. The maximum Gasteiger partial charge on any atom is 0.293 e. The van der Waals surface area contributed by atoms with Gasteiger partial charge in [0.2, 0.25) is 11.8 Å². The SMILES string of the molecule is Cc1ccc(NC(=O)CC2SC(=NCc3ccco3)NC2=O)c([N+](=O)[O-])c1. The monoisotopic (exact) mass is 388 g/mol. The second-order valence-corrected chi connectivity index (χ2v) is 7.02. The number of carbonyl (C=O) groups is 2. The maximum atomic E-state index is 12.2. The van der Waals surface area contributed by atoms with Gasteiger partial charge in [-0.25, -0.2) is 0 Å². The number of carbonyl (C=O) groups excluding carboxylic acids is 2. The quantitative estimate of drug-likeness (QED) is 0.578. The molecular weight excluding hydrogens is 372 g/mol. The van der Waals surface area contributed by atoms with E-state index in [0.29, 0.717) is 16.5 Å². The Bertz CT molecular complexity index is 910. The number of amides is 2. The van der Waals surface area contributed by atoms with Crippen molar-refractivity contribution in [2.75, 3.05) is 5.32 Å². The summed E-state index contributed by atoms with van der Waals surface area (Å²) in [5, 5.41) is 16.0. The van der Waals surface area contributed by atoms with Gasteiger partial charge in [-0.3, -0.25) is 24.7 Å². The highest BCUT2D eigenvalue weighted by molar-refractivity contribution is 8.15. The molecule has 2 aromatic rings. The Morgan fingerprint density at radius 1 is 1.44 bits per heavy atom. The first kappa shape index (κ1) is 18.6. The summed E-state index contributed by atoms with van der Waals surface area (Å²) in [6.45, 7) is 2.01. The van der Waals surface area contributed by atoms with Crippen LogP contribution in [0.1, 0.15) is 17.7 Å². The lowest BCUT2D eigenvalue weighted by Crippen LogP contribution is -2.28. The van der Waals surface area contributed by atoms with Gasteiger partial charge in [-0.1, -0.05) is 17.8 Å². The van der Waals surface area contributed by atoms with Crippen LogP contribution < -0.4 is 10.6 Å². The molecule has 9 nitrogen and oxygen atoms in total. The second-order valence-electron chi connectivity index (χ2n) is 5.83. The number of hydrogen-bond donors (Lipinski definition) is 2. The third-order valence-electron chi connectivity index (χ3n) is 3.73. The molecule has 3 rings (SSSR count). The van der Waals surface area contributed by atoms with Crippen molar-refractivity contribution in [1.82, 2.24) is 5.32 Å². The van der Waals surface area contributed by atoms with Gasteiger partial charge in [-0.2, -0.15) is 0 Å². The van der Waals surface area contributed by atoms with Crippen LogP contribution in [0.3, 0.4) is 0 Å². The average molecular weight is 388 g/mol. The fourth-order valence-electron chi connectivity index (χ4n) is 2.44. The number of benzene rings is 1. The summed E-state index contributed by atoms with van der Waals surface area (Å²) in [5.41, 5.74) is 0.626. The predicted molar refractivity (Wildman–Crippen MR) is 100 cm³/mol. The summed E-state index contributed by atoms with van der Waals surface area (Å²) in [6, 6.07) is 8.03. The maximum absolute atomic E-state index is 12.2. The van der Waals surface area contributed by atoms with Crippen LogP contribution in [0.15, 0.2) is 46.0 Å². The molecule has 0 aliphatic carbocycles. The number of hydrogen-bond acceptors (Lipinski definition) is 7. The molecule has 140 valence electrons. The number of nitro groups is 1. The van der Waals surface area contributed by atoms with Crippen molar-refractivity contribution in [3.8, 4) is 0 Å². The van der Waals surface area contributed by atoms with Gasteiger partial charge in [0, 0.05) is 12.5 Å². The molecule has 1 atom stereocenters. The van der Waals surface area contributed by atoms with Gasteiger partial charge in [-0.05, 0) is 30.7 Å². The van der Waals surface area contributed by atoms with Crippen molar-refractivity contribution in [1.29, 1.82) is 0 Å². The van der Waals surface area contributed by atoms with Crippen LogP contribution in [0.2, 0.25) is 0 Å². The Balaban J connectivity index is 1.60. The van der Waals surface area contributed by atoms with Crippen molar-refractivity contribution in [3.05, 3.63) is 58.0 Å². The summed E-state index contributed by atoms with van der Waals surface area (Å²) < 4.78 is 5.17. The molecular formula is C17H16N4O5S. The molecule has 10 heteroatoms. The molecule has 27 heavy (non-hydrogen) atoms. The minimum atomic E-state index is -0.648. The highest BCUT2D eigenvalue weighted by atomic mass is 32.2. The number of aryl methyl sites for hydroxylation is 1. The van der Waals surface area contributed by atoms with Gasteiger partial charge in [0.1, 0.15) is 16.7 Å². The molecule has 0 radical (unpaired) electrons. The zero-order valence-corrected chi connectivity index (χ0v) is 15.1. The lowest BCUT2D eigenvalue weighted by atomic mass is 10.2. The van der Waals surface area contributed by atoms with Crippen molar-refractivity contribution >= 4 is 40.1 Å². The second kappa shape index (κ2) is 8.04. The Kier molecular flexibility index (Phi) is 5.55. The topological polar surface area (TPSA) is 127 Å². The van der Waals surface area contributed by atoms with Gasteiger partial charge in [-0.15, -0.1) is 0 Å². The van der Waals surface area contributed by atoms with Crippen LogP contribution in [-0.2, 0) is 16.1 Å². The van der Waals surface area contributed by atoms with Gasteiger partial charge in [0.15, 0.2) is 5.17 Å². The molecule has 2 heterocycles. The van der Waals surface area contributed by atoms with Gasteiger partial charge < -0.3 is 15.1 Å². The third-order valence-corrected chi connectivity index (χ3v) is 4.85. The molecule has 1 saturated heterocycles. The van der Waals surface area contributed by atoms with E-state index in [1.54, 1.807) is 25.1 Å². The van der Waals surface area contributed by atoms with Gasteiger partial charge in [0.05, 0.1) is 17.7 Å². The molecule has 1 aliphatic rings. The Morgan fingerprint density at radius 3 is 2.96 bits per heavy atom. The number of amidine groups is 1. The summed E-state index contributed by atoms with van der Waals surface area (Å²) in [6.07, 6.45) is 1.41. The first-order chi connectivity index (χ1) is 12.9. The summed E-state index contributed by atoms with van der Waals surface area (Å²) in [4.78, 5) is 39.1. The molecule has 1 fully saturated rings. The number of anilines is 1. The minimum absolute atomic E-state index is 0.103. The highest BCUT2D eigenvalue weighted by Crippen LogP contribution is 2.27. The van der Waals surface area contributed by atoms with Crippen LogP contribution in [0.25, 0.3) is 0 Å². The molecule has 1 unspecified atom stereocenters. The number of thioether (sulfide) groups is 1. The van der Waals surface area contributed by atoms with E-state index in [1.807, 2.05) is 0 Å². The molecule has 2 N–H and O–H groups in total. The minimum Gasteiger partial charge on any atom is -0.467 e. The zero-order valence-electron chi connectivity index (χ0n) is 14.3. The average Bonchev–Trinajstić information content (AvgIpc) is 3.24. The lowest BCUT2D eigenvalue weighted by molar-refractivity contribution is -0.384. The van der Waals surface area contributed by atoms with Crippen molar-refractivity contribution in [2.24, 2.45) is 4.99 Å². The fourth-order valence-corrected chi connectivity index (χ4v) is 3.40. The molecule has 0 spiro atoms. The van der Waals surface area contributed by atoms with E-state index in [9.17, 15) is 19.7 Å². The Labute approximate surface area is 158 Å². The summed E-state index contributed by atoms with van der Waals surface area (Å²) in [7, 11) is 0. The molecule has 1 aromatic carbocycles. The zero-order chi connectivity index (χ0) is 19.4. The number of nitrogens with one attached hydrogen (secondary N) is 2. The van der Waals surface area contributed by atoms with Crippen LogP contribution in [0.5, 0.6) is 0 Å². The Hall–Kier alpha value is -3.14. The number of furan rings is 1. The summed E-state index contributed by atoms with van der Waals surface area (Å²) in [5.74, 6) is -0.154. The number of nitrogens with zero attached hydrogens (tertiary/aromatic N) is 2. The van der Waals surface area contributed by atoms with Gasteiger partial charge >= 0.3 is 0 Å². The van der Waals surface area contributed by atoms with Crippen molar-refractivity contribution < 1.29 is 18.9 Å². The molecule has 0 saturated carbocycles. The molecule has 1 aliphatic heterocycles. The number of nitro benzene ring substituents is 1. The number of rotatable bonds is 6. The highest BCUT2D eigenvalue weighted by Gasteiger charge is 2.32. The van der Waals surface area contributed by atoms with E-state index in [4.69, 9.17) is 4.42 Å². The van der Waals surface area contributed by atoms with E-state index < -0.39 is 16.1 Å². The first-order valence-corrected chi connectivity index (χ1v) is 8.89. The Morgan fingerprint density at radius 2 is 2.26 bits per heavy atom. The van der Waals surface area contributed by atoms with E-state index in [-0.39, 0.29) is 30.2 Å². The van der Waals surface area contributed by atoms with Crippen LogP contribution in [0.4, 0.5) is 11.4 Å². The lowest BCUT2D eigenvalue weighted by Gasteiger charge is -2.08. The predicted octanol–water partition coefficient (Wildman–Crippen LogP) is 2.61. The van der Waals surface area contributed by atoms with Crippen LogP contribution in [0, 0.1) is 17.0 Å². The fraction of sp³-hybridized carbons (Fsp3) is 0.235. The standard InChI is InChI=1S/C17H16N4O5S/c1-10-4-5-12(13(7-10)21(24)25)19-15(22)8-14-16(23)20-17(27-14)18-9-11-3-2-6-26-11/h2-7,14H,8-9H2,1H3,(H,19,22)(H,18,20,23). The van der Waals surface area contributed by atoms with E-state index in [2.05, 4.69) is 15.6 Å².